The molecule has 4 nitrogen and oxygen atoms in total. The summed E-state index contributed by atoms with van der Waals surface area (Å²) in [5.74, 6) is -0.126. The van der Waals surface area contributed by atoms with Crippen LogP contribution >= 0.6 is 0 Å². The van der Waals surface area contributed by atoms with E-state index in [-0.39, 0.29) is 5.97 Å². The van der Waals surface area contributed by atoms with E-state index in [2.05, 4.69) is 10.8 Å². The molecule has 0 aliphatic carbocycles. The van der Waals surface area contributed by atoms with Gasteiger partial charge in [-0.25, -0.2) is 0 Å². The van der Waals surface area contributed by atoms with Crippen LogP contribution in [0.15, 0.2) is 24.3 Å². The lowest BCUT2D eigenvalue weighted by molar-refractivity contribution is -0.140. The summed E-state index contributed by atoms with van der Waals surface area (Å²) in [6.07, 6.45) is 15.4. The Morgan fingerprint density at radius 1 is 0.913 bits per heavy atom. The molecule has 0 spiro atoms. The molecule has 23 heavy (non-hydrogen) atoms. The molecule has 2 atom stereocenters. The molecule has 0 radical (unpaired) electrons. The highest BCUT2D eigenvalue weighted by atomic mass is 16.5. The van der Waals surface area contributed by atoms with Crippen molar-refractivity contribution < 1.29 is 19.7 Å². The molecule has 0 saturated carbocycles. The van der Waals surface area contributed by atoms with Gasteiger partial charge in [0.2, 0.25) is 0 Å². The number of carbonyl (C=O) groups is 1. The highest BCUT2D eigenvalue weighted by Gasteiger charge is 2.12. The smallest absolute Gasteiger partial charge is 0.305 e. The van der Waals surface area contributed by atoms with Gasteiger partial charge in [-0.1, -0.05) is 50.5 Å². The molecule has 0 aromatic rings. The molecule has 2 unspecified atom stereocenters. The predicted octanol–water partition coefficient (Wildman–Crippen LogP) is 3.91. The summed E-state index contributed by atoms with van der Waals surface area (Å²) < 4.78 is 4.60. The van der Waals surface area contributed by atoms with Crippen LogP contribution in [-0.2, 0) is 9.53 Å². The van der Waals surface area contributed by atoms with E-state index in [1.54, 1.807) is 0 Å². The number of ether oxygens (including phenoxy) is 1. The van der Waals surface area contributed by atoms with Crippen molar-refractivity contribution in [1.82, 2.24) is 0 Å². The average Bonchev–Trinajstić information content (AvgIpc) is 2.56. The number of hydrogen-bond acceptors (Lipinski definition) is 4. The summed E-state index contributed by atoms with van der Waals surface area (Å²) in [5.41, 5.74) is 0. The summed E-state index contributed by atoms with van der Waals surface area (Å²) in [6.45, 7) is 2.04. The Hall–Kier alpha value is -1.13. The van der Waals surface area contributed by atoms with Crippen molar-refractivity contribution in [3.63, 3.8) is 0 Å². The van der Waals surface area contributed by atoms with Gasteiger partial charge in [0.1, 0.15) is 0 Å². The number of rotatable bonds is 14. The van der Waals surface area contributed by atoms with Crippen molar-refractivity contribution in [2.75, 3.05) is 7.11 Å². The van der Waals surface area contributed by atoms with Crippen LogP contribution in [0, 0.1) is 0 Å². The summed E-state index contributed by atoms with van der Waals surface area (Å²) in [4.78, 5) is 10.9. The summed E-state index contributed by atoms with van der Waals surface area (Å²) in [7, 11) is 1.42. The van der Waals surface area contributed by atoms with Gasteiger partial charge in [0.15, 0.2) is 0 Å². The van der Waals surface area contributed by atoms with Gasteiger partial charge in [-0.3, -0.25) is 4.79 Å². The number of hydrogen-bond donors (Lipinski definition) is 2. The first-order chi connectivity index (χ1) is 11.1. The summed E-state index contributed by atoms with van der Waals surface area (Å²) >= 11 is 0. The van der Waals surface area contributed by atoms with Gasteiger partial charge < -0.3 is 14.9 Å². The zero-order valence-electron chi connectivity index (χ0n) is 14.7. The van der Waals surface area contributed by atoms with Crippen LogP contribution in [0.5, 0.6) is 0 Å². The Bertz CT molecular complexity index is 336. The molecule has 0 amide bonds. The predicted molar refractivity (Wildman–Crippen MR) is 94.2 cm³/mol. The molecule has 0 bridgehead atoms. The van der Waals surface area contributed by atoms with Crippen molar-refractivity contribution >= 4 is 5.97 Å². The van der Waals surface area contributed by atoms with Crippen LogP contribution in [0.25, 0.3) is 0 Å². The van der Waals surface area contributed by atoms with E-state index < -0.39 is 12.2 Å². The number of methoxy groups -OCH3 is 1. The molecule has 2 N–H and O–H groups in total. The van der Waals surface area contributed by atoms with Gasteiger partial charge in [-0.2, -0.15) is 0 Å². The Balaban J connectivity index is 3.49. The van der Waals surface area contributed by atoms with Crippen molar-refractivity contribution in [2.45, 2.75) is 83.3 Å². The van der Waals surface area contributed by atoms with E-state index >= 15 is 0 Å². The Morgan fingerprint density at radius 3 is 2.09 bits per heavy atom. The normalized spacial score (nSPS) is 14.4. The zero-order chi connectivity index (χ0) is 17.3. The van der Waals surface area contributed by atoms with Crippen molar-refractivity contribution in [3.8, 4) is 0 Å². The van der Waals surface area contributed by atoms with Crippen molar-refractivity contribution in [3.05, 3.63) is 24.3 Å². The average molecular weight is 326 g/mol. The minimum atomic E-state index is -0.689. The largest absolute Gasteiger partial charge is 0.469 e. The van der Waals surface area contributed by atoms with Crippen LogP contribution in [-0.4, -0.2) is 35.5 Å². The van der Waals surface area contributed by atoms with E-state index in [1.165, 1.54) is 7.11 Å². The monoisotopic (exact) mass is 326 g/mol. The maximum Gasteiger partial charge on any atom is 0.305 e. The molecule has 0 aromatic carbocycles. The zero-order valence-corrected chi connectivity index (χ0v) is 14.7. The molecule has 0 saturated heterocycles. The third-order valence-corrected chi connectivity index (χ3v) is 3.75. The van der Waals surface area contributed by atoms with Crippen LogP contribution in [0.2, 0.25) is 0 Å². The first kappa shape index (κ1) is 21.9. The molecule has 0 fully saturated rings. The highest BCUT2D eigenvalue weighted by molar-refractivity contribution is 5.68. The number of unbranched alkanes of at least 4 members (excludes halogenated alkanes) is 5. The lowest BCUT2D eigenvalue weighted by atomic mass is 10.1. The van der Waals surface area contributed by atoms with Gasteiger partial charge in [0.25, 0.3) is 0 Å². The summed E-state index contributed by atoms with van der Waals surface area (Å²) in [5, 5.41) is 19.6. The minimum absolute atomic E-state index is 0.126. The number of aliphatic hydroxyl groups excluding tert-OH is 2. The first-order valence-corrected chi connectivity index (χ1v) is 8.84. The molecule has 0 aliphatic heterocycles. The molecule has 4 heteroatoms. The lowest BCUT2D eigenvalue weighted by Gasteiger charge is -2.14. The number of esters is 1. The van der Waals surface area contributed by atoms with Gasteiger partial charge in [0.05, 0.1) is 19.3 Å². The second kappa shape index (κ2) is 15.8. The quantitative estimate of drug-likeness (QED) is 0.288. The molecular formula is C19H34O4. The van der Waals surface area contributed by atoms with E-state index in [0.717, 1.165) is 44.9 Å². The van der Waals surface area contributed by atoms with Gasteiger partial charge >= 0.3 is 5.97 Å². The van der Waals surface area contributed by atoms with Gasteiger partial charge in [-0.05, 0) is 38.5 Å². The molecule has 0 rings (SSSR count). The van der Waals surface area contributed by atoms with Crippen LogP contribution in [0.4, 0.5) is 0 Å². The molecule has 134 valence electrons. The SMILES string of the molecule is CC/C=C\CC(O)C(O)C/C=C\CCCCCCCC(=O)OC. The maximum absolute atomic E-state index is 10.9. The van der Waals surface area contributed by atoms with Gasteiger partial charge in [-0.15, -0.1) is 0 Å². The first-order valence-electron chi connectivity index (χ1n) is 8.84. The fraction of sp³-hybridized carbons (Fsp3) is 0.737. The van der Waals surface area contributed by atoms with E-state index in [1.807, 2.05) is 25.2 Å². The molecular weight excluding hydrogens is 292 g/mol. The topological polar surface area (TPSA) is 66.8 Å². The van der Waals surface area contributed by atoms with Gasteiger partial charge in [0, 0.05) is 6.42 Å². The van der Waals surface area contributed by atoms with E-state index in [9.17, 15) is 15.0 Å². The maximum atomic E-state index is 10.9. The number of aliphatic hydroxyl groups is 2. The number of carbonyl (C=O) groups excluding carboxylic acids is 1. The molecule has 0 aliphatic rings. The Labute approximate surface area is 141 Å². The standard InChI is InChI=1S/C19H34O4/c1-3-4-11-14-17(20)18(21)15-12-9-7-5-6-8-10-13-16-19(22)23-2/h4,9,11-12,17-18,20-21H,3,5-8,10,13-16H2,1-2H3/b11-4-,12-9-. The Kier molecular flexibility index (Phi) is 15.0. The minimum Gasteiger partial charge on any atom is -0.469 e. The third-order valence-electron chi connectivity index (χ3n) is 3.75. The van der Waals surface area contributed by atoms with E-state index in [0.29, 0.717) is 19.3 Å². The molecule has 0 heterocycles. The van der Waals surface area contributed by atoms with Crippen molar-refractivity contribution in [2.24, 2.45) is 0 Å². The summed E-state index contributed by atoms with van der Waals surface area (Å²) in [6, 6.07) is 0. The fourth-order valence-electron chi connectivity index (χ4n) is 2.23. The Morgan fingerprint density at radius 2 is 1.48 bits per heavy atom. The van der Waals surface area contributed by atoms with E-state index in [4.69, 9.17) is 0 Å². The molecule has 0 aromatic heterocycles. The number of allylic oxidation sites excluding steroid dienone is 2. The lowest BCUT2D eigenvalue weighted by Crippen LogP contribution is -2.24. The van der Waals surface area contributed by atoms with Crippen molar-refractivity contribution in [1.29, 1.82) is 0 Å². The van der Waals surface area contributed by atoms with Crippen LogP contribution in [0.1, 0.15) is 71.1 Å². The van der Waals surface area contributed by atoms with Crippen LogP contribution in [0.3, 0.4) is 0 Å². The second-order valence-corrected chi connectivity index (χ2v) is 5.84. The fourth-order valence-corrected chi connectivity index (χ4v) is 2.23. The van der Waals surface area contributed by atoms with Crippen LogP contribution < -0.4 is 0 Å². The second-order valence-electron chi connectivity index (χ2n) is 5.84. The highest BCUT2D eigenvalue weighted by Crippen LogP contribution is 2.09. The third kappa shape index (κ3) is 14.2.